The number of carboxylic acids is 1. The fourth-order valence-electron chi connectivity index (χ4n) is 2.28. The molecule has 1 aliphatic rings. The summed E-state index contributed by atoms with van der Waals surface area (Å²) in [7, 11) is 0. The molecule has 2 heterocycles. The molecule has 5 nitrogen and oxygen atoms in total. The number of aryl methyl sites for hydroxylation is 1. The molecule has 0 aliphatic carbocycles. The molecule has 0 unspecified atom stereocenters. The number of rotatable bonds is 3. The van der Waals surface area contributed by atoms with Crippen molar-refractivity contribution in [1.29, 1.82) is 0 Å². The highest BCUT2D eigenvalue weighted by atomic mass is 16.5. The highest BCUT2D eigenvalue weighted by Gasteiger charge is 2.13. The molecule has 2 N–H and O–H groups in total. The standard InChI is InChI=1S/C14H14N2O3/c17-14(18)8-11-7-12(16-15-11)9-3-4-13-10(6-9)2-1-5-19-13/h3-4,6-7H,1-2,5,8H2,(H,15,16)(H,17,18). The summed E-state index contributed by atoms with van der Waals surface area (Å²) in [5.74, 6) is 0.0744. The summed E-state index contributed by atoms with van der Waals surface area (Å²) in [5.41, 5.74) is 3.55. The average molecular weight is 258 g/mol. The maximum Gasteiger partial charge on any atom is 0.309 e. The van der Waals surface area contributed by atoms with Gasteiger partial charge in [0, 0.05) is 11.3 Å². The van der Waals surface area contributed by atoms with Gasteiger partial charge in [0.15, 0.2) is 0 Å². The van der Waals surface area contributed by atoms with Crippen LogP contribution in [0.3, 0.4) is 0 Å². The van der Waals surface area contributed by atoms with Crippen molar-refractivity contribution in [3.63, 3.8) is 0 Å². The quantitative estimate of drug-likeness (QED) is 0.883. The van der Waals surface area contributed by atoms with E-state index in [9.17, 15) is 4.79 Å². The number of aliphatic carboxylic acids is 1. The monoisotopic (exact) mass is 258 g/mol. The Balaban J connectivity index is 1.89. The first kappa shape index (κ1) is 11.8. The summed E-state index contributed by atoms with van der Waals surface area (Å²) in [6, 6.07) is 7.75. The Bertz CT molecular complexity index is 619. The molecule has 1 aromatic heterocycles. The van der Waals surface area contributed by atoms with Crippen LogP contribution in [0.25, 0.3) is 11.3 Å². The number of ether oxygens (including phenoxy) is 1. The number of H-pyrrole nitrogens is 1. The fourth-order valence-corrected chi connectivity index (χ4v) is 2.28. The predicted octanol–water partition coefficient (Wildman–Crippen LogP) is 2.03. The van der Waals surface area contributed by atoms with Crippen LogP contribution in [0.5, 0.6) is 5.75 Å². The minimum Gasteiger partial charge on any atom is -0.493 e. The summed E-state index contributed by atoms with van der Waals surface area (Å²) in [6.07, 6.45) is 2.00. The van der Waals surface area contributed by atoms with Gasteiger partial charge in [0.25, 0.3) is 0 Å². The van der Waals surface area contributed by atoms with E-state index in [-0.39, 0.29) is 6.42 Å². The first-order valence-electron chi connectivity index (χ1n) is 6.24. The smallest absolute Gasteiger partial charge is 0.309 e. The third-order valence-electron chi connectivity index (χ3n) is 3.18. The first-order chi connectivity index (χ1) is 9.22. The molecule has 0 bridgehead atoms. The topological polar surface area (TPSA) is 75.2 Å². The molecule has 0 fully saturated rings. The molecular weight excluding hydrogens is 244 g/mol. The predicted molar refractivity (Wildman–Crippen MR) is 69.2 cm³/mol. The molecule has 0 saturated heterocycles. The first-order valence-corrected chi connectivity index (χ1v) is 6.24. The molecule has 0 atom stereocenters. The summed E-state index contributed by atoms with van der Waals surface area (Å²) < 4.78 is 5.57. The zero-order chi connectivity index (χ0) is 13.2. The number of carbonyl (C=O) groups is 1. The van der Waals surface area contributed by atoms with E-state index in [2.05, 4.69) is 16.3 Å². The second kappa shape index (κ2) is 4.76. The third kappa shape index (κ3) is 2.45. The molecule has 1 aromatic carbocycles. The van der Waals surface area contributed by atoms with Crippen LogP contribution >= 0.6 is 0 Å². The van der Waals surface area contributed by atoms with Crippen molar-refractivity contribution in [2.75, 3.05) is 6.61 Å². The Hall–Kier alpha value is -2.30. The minimum atomic E-state index is -0.867. The molecule has 19 heavy (non-hydrogen) atoms. The van der Waals surface area contributed by atoms with Crippen LogP contribution in [0.4, 0.5) is 0 Å². The van der Waals surface area contributed by atoms with Gasteiger partial charge >= 0.3 is 5.97 Å². The van der Waals surface area contributed by atoms with E-state index >= 15 is 0 Å². The second-order valence-electron chi connectivity index (χ2n) is 4.62. The lowest BCUT2D eigenvalue weighted by atomic mass is 10.0. The van der Waals surface area contributed by atoms with Crippen molar-refractivity contribution < 1.29 is 14.6 Å². The summed E-state index contributed by atoms with van der Waals surface area (Å²) in [5, 5.41) is 15.7. The van der Waals surface area contributed by atoms with Crippen LogP contribution in [0.1, 0.15) is 17.7 Å². The Morgan fingerprint density at radius 3 is 3.16 bits per heavy atom. The number of hydrogen-bond acceptors (Lipinski definition) is 3. The Kier molecular flexibility index (Phi) is 2.95. The summed E-state index contributed by atoms with van der Waals surface area (Å²) in [4.78, 5) is 10.6. The number of nitrogens with zero attached hydrogens (tertiary/aromatic N) is 1. The zero-order valence-corrected chi connectivity index (χ0v) is 10.3. The Morgan fingerprint density at radius 1 is 1.42 bits per heavy atom. The van der Waals surface area contributed by atoms with Gasteiger partial charge in [-0.15, -0.1) is 0 Å². The molecule has 98 valence electrons. The van der Waals surface area contributed by atoms with Gasteiger partial charge in [-0.25, -0.2) is 0 Å². The maximum absolute atomic E-state index is 10.6. The number of hydrogen-bond donors (Lipinski definition) is 2. The van der Waals surface area contributed by atoms with Gasteiger partial charge in [0.2, 0.25) is 0 Å². The van der Waals surface area contributed by atoms with E-state index in [1.54, 1.807) is 6.07 Å². The van der Waals surface area contributed by atoms with Crippen molar-refractivity contribution in [2.24, 2.45) is 0 Å². The van der Waals surface area contributed by atoms with Gasteiger partial charge in [0.05, 0.1) is 18.7 Å². The number of carboxylic acid groups (broad SMARTS) is 1. The largest absolute Gasteiger partial charge is 0.493 e. The SMILES string of the molecule is O=C(O)Cc1cc(-c2ccc3c(c2)CCCO3)n[nH]1. The lowest BCUT2D eigenvalue weighted by Crippen LogP contribution is -2.08. The Labute approximate surface area is 110 Å². The minimum absolute atomic E-state index is 0.0406. The molecule has 3 rings (SSSR count). The summed E-state index contributed by atoms with van der Waals surface area (Å²) in [6.45, 7) is 0.775. The van der Waals surface area contributed by atoms with Crippen LogP contribution in [-0.4, -0.2) is 27.9 Å². The maximum atomic E-state index is 10.6. The number of benzene rings is 1. The van der Waals surface area contributed by atoms with E-state index in [0.717, 1.165) is 36.5 Å². The molecule has 0 saturated carbocycles. The molecule has 2 aromatic rings. The van der Waals surface area contributed by atoms with E-state index in [4.69, 9.17) is 9.84 Å². The van der Waals surface area contributed by atoms with Gasteiger partial charge in [-0.05, 0) is 42.7 Å². The van der Waals surface area contributed by atoms with Crippen molar-refractivity contribution in [1.82, 2.24) is 10.2 Å². The zero-order valence-electron chi connectivity index (χ0n) is 10.3. The van der Waals surface area contributed by atoms with E-state index in [1.165, 1.54) is 5.56 Å². The number of aromatic amines is 1. The van der Waals surface area contributed by atoms with Gasteiger partial charge in [-0.1, -0.05) is 0 Å². The second-order valence-corrected chi connectivity index (χ2v) is 4.62. The van der Waals surface area contributed by atoms with Crippen LogP contribution in [-0.2, 0) is 17.6 Å². The van der Waals surface area contributed by atoms with Gasteiger partial charge in [-0.3, -0.25) is 9.89 Å². The van der Waals surface area contributed by atoms with E-state index in [1.807, 2.05) is 12.1 Å². The molecule has 1 aliphatic heterocycles. The van der Waals surface area contributed by atoms with Crippen molar-refractivity contribution in [2.45, 2.75) is 19.3 Å². The summed E-state index contributed by atoms with van der Waals surface area (Å²) >= 11 is 0. The highest BCUT2D eigenvalue weighted by molar-refractivity contribution is 5.71. The molecule has 0 amide bonds. The lowest BCUT2D eigenvalue weighted by Gasteiger charge is -2.17. The Morgan fingerprint density at radius 2 is 2.32 bits per heavy atom. The van der Waals surface area contributed by atoms with Gasteiger partial charge < -0.3 is 9.84 Å². The fraction of sp³-hybridized carbons (Fsp3) is 0.286. The van der Waals surface area contributed by atoms with Crippen molar-refractivity contribution >= 4 is 5.97 Å². The highest BCUT2D eigenvalue weighted by Crippen LogP contribution is 2.29. The number of nitrogens with one attached hydrogen (secondary N) is 1. The van der Waals surface area contributed by atoms with Crippen LogP contribution in [0, 0.1) is 0 Å². The normalized spacial score (nSPS) is 13.7. The van der Waals surface area contributed by atoms with Crippen molar-refractivity contribution in [3.8, 4) is 17.0 Å². The van der Waals surface area contributed by atoms with E-state index < -0.39 is 5.97 Å². The number of aromatic nitrogens is 2. The molecule has 0 radical (unpaired) electrons. The van der Waals surface area contributed by atoms with Crippen LogP contribution < -0.4 is 4.74 Å². The van der Waals surface area contributed by atoms with E-state index in [0.29, 0.717) is 5.69 Å². The number of fused-ring (bicyclic) bond motifs is 1. The van der Waals surface area contributed by atoms with Crippen LogP contribution in [0.15, 0.2) is 24.3 Å². The third-order valence-corrected chi connectivity index (χ3v) is 3.18. The van der Waals surface area contributed by atoms with Crippen molar-refractivity contribution in [3.05, 3.63) is 35.5 Å². The van der Waals surface area contributed by atoms with Gasteiger partial charge in [-0.2, -0.15) is 5.10 Å². The average Bonchev–Trinajstić information content (AvgIpc) is 2.86. The van der Waals surface area contributed by atoms with Crippen LogP contribution in [0.2, 0.25) is 0 Å². The van der Waals surface area contributed by atoms with Gasteiger partial charge in [0.1, 0.15) is 5.75 Å². The molecule has 5 heteroatoms. The lowest BCUT2D eigenvalue weighted by molar-refractivity contribution is -0.136. The molecule has 0 spiro atoms. The molecular formula is C14H14N2O3.